The molecule has 1 aliphatic heterocycles. The van der Waals surface area contributed by atoms with Crippen LogP contribution in [-0.4, -0.2) is 18.2 Å². The van der Waals surface area contributed by atoms with Crippen molar-refractivity contribution < 1.29 is 32.3 Å². The number of alkyl halides is 3. The van der Waals surface area contributed by atoms with Gasteiger partial charge in [-0.3, -0.25) is 4.79 Å². The summed E-state index contributed by atoms with van der Waals surface area (Å²) in [5.74, 6) is -2.54. The zero-order valence-corrected chi connectivity index (χ0v) is 17.5. The highest BCUT2D eigenvalue weighted by Gasteiger charge is 2.41. The van der Waals surface area contributed by atoms with Gasteiger partial charge in [-0.2, -0.15) is 13.2 Å². The first-order valence-electron chi connectivity index (χ1n) is 10.7. The topological polar surface area (TPSA) is 64.1 Å². The van der Waals surface area contributed by atoms with E-state index in [1.807, 2.05) is 12.1 Å². The Kier molecular flexibility index (Phi) is 5.25. The van der Waals surface area contributed by atoms with E-state index in [2.05, 4.69) is 0 Å². The average molecular weight is 456 g/mol. The number of phenolic OH excluding ortho intramolecular Hbond substituents is 1. The molecule has 0 aliphatic carbocycles. The fourth-order valence-electron chi connectivity index (χ4n) is 4.39. The third-order valence-corrected chi connectivity index (χ3v) is 6.03. The van der Waals surface area contributed by atoms with Crippen LogP contribution in [0.3, 0.4) is 0 Å². The lowest BCUT2D eigenvalue weighted by atomic mass is 10.1. The number of likely N-dealkylation sites (tertiary alicyclic amines) is 1. The predicted octanol–water partition coefficient (Wildman–Crippen LogP) is 4.64. The van der Waals surface area contributed by atoms with Gasteiger partial charge in [0.1, 0.15) is 18.0 Å². The molecule has 8 heteroatoms. The predicted molar refractivity (Wildman–Crippen MR) is 117 cm³/mol. The number of phenols is 1. The van der Waals surface area contributed by atoms with Gasteiger partial charge in [0, 0.05) is 12.8 Å². The highest BCUT2D eigenvalue weighted by Crippen LogP contribution is 2.40. The molecular weight excluding hydrogens is 435 g/mol. The molecule has 0 radical (unpaired) electrons. The van der Waals surface area contributed by atoms with Crippen molar-refractivity contribution in [1.29, 1.82) is 0 Å². The summed E-state index contributed by atoms with van der Waals surface area (Å²) in [7, 11) is 0. The molecule has 5 nitrogen and oxygen atoms in total. The summed E-state index contributed by atoms with van der Waals surface area (Å²) < 4.78 is 52.7. The zero-order valence-electron chi connectivity index (χ0n) is 17.5. The van der Waals surface area contributed by atoms with Crippen LogP contribution >= 0.6 is 0 Å². The SMILES string of the molecule is O=c1c(Oc2ccc3ccccc3c2)c(C(F)(F)F)oc2c(C[NH+]3CCCC3)c(O)ccc12. The van der Waals surface area contributed by atoms with Crippen LogP contribution in [-0.2, 0) is 12.7 Å². The van der Waals surface area contributed by atoms with Crippen molar-refractivity contribution >= 4 is 21.7 Å². The molecule has 2 N–H and O–H groups in total. The first-order valence-corrected chi connectivity index (χ1v) is 10.7. The largest absolute Gasteiger partial charge is 0.507 e. The molecule has 0 saturated carbocycles. The number of rotatable bonds is 4. The van der Waals surface area contributed by atoms with Gasteiger partial charge in [-0.1, -0.05) is 30.3 Å². The van der Waals surface area contributed by atoms with E-state index < -0.39 is 23.1 Å². The number of ether oxygens (including phenoxy) is 1. The standard InChI is InChI=1S/C25H20F3NO4/c26-25(27,28)24-23(32-17-8-7-15-5-1-2-6-16(15)13-17)21(31)18-9-10-20(30)19(22(18)33-24)14-29-11-3-4-12-29/h1-2,5-10,13,30H,3-4,11-12,14H2/p+1. The van der Waals surface area contributed by atoms with Crippen LogP contribution in [0.1, 0.15) is 24.2 Å². The smallest absolute Gasteiger partial charge is 0.453 e. The van der Waals surface area contributed by atoms with Crippen LogP contribution in [0.5, 0.6) is 17.2 Å². The molecule has 0 unspecified atom stereocenters. The minimum Gasteiger partial charge on any atom is -0.507 e. The quantitative estimate of drug-likeness (QED) is 0.470. The van der Waals surface area contributed by atoms with E-state index in [0.29, 0.717) is 0 Å². The first-order chi connectivity index (χ1) is 15.8. The molecule has 1 aromatic heterocycles. The lowest BCUT2D eigenvalue weighted by Gasteiger charge is -2.17. The molecule has 1 saturated heterocycles. The van der Waals surface area contributed by atoms with Crippen molar-refractivity contribution in [3.8, 4) is 17.2 Å². The van der Waals surface area contributed by atoms with Gasteiger partial charge < -0.3 is 19.2 Å². The van der Waals surface area contributed by atoms with Gasteiger partial charge in [0.2, 0.25) is 11.2 Å². The summed E-state index contributed by atoms with van der Waals surface area (Å²) >= 11 is 0. The minimum atomic E-state index is -4.97. The van der Waals surface area contributed by atoms with E-state index in [0.717, 1.165) is 41.6 Å². The molecule has 1 aliphatic rings. The maximum atomic E-state index is 14.0. The van der Waals surface area contributed by atoms with Crippen molar-refractivity contribution in [2.45, 2.75) is 25.6 Å². The molecular formula is C25H21F3NO4+. The van der Waals surface area contributed by atoms with Gasteiger partial charge >= 0.3 is 6.18 Å². The molecule has 3 aromatic carbocycles. The summed E-state index contributed by atoms with van der Waals surface area (Å²) in [4.78, 5) is 14.3. The summed E-state index contributed by atoms with van der Waals surface area (Å²) in [5, 5.41) is 12.0. The van der Waals surface area contributed by atoms with E-state index in [-0.39, 0.29) is 34.6 Å². The molecule has 170 valence electrons. The Balaban J connectivity index is 1.67. The fraction of sp³-hybridized carbons (Fsp3) is 0.240. The van der Waals surface area contributed by atoms with Gasteiger partial charge in [0.25, 0.3) is 5.76 Å². The van der Waals surface area contributed by atoms with E-state index >= 15 is 0 Å². The van der Waals surface area contributed by atoms with E-state index in [4.69, 9.17) is 9.15 Å². The number of halogens is 3. The molecule has 2 heterocycles. The third kappa shape index (κ3) is 4.02. The van der Waals surface area contributed by atoms with Gasteiger partial charge in [0.15, 0.2) is 5.58 Å². The Hall–Kier alpha value is -3.52. The Morgan fingerprint density at radius 1 is 1.00 bits per heavy atom. The number of aromatic hydroxyl groups is 1. The summed E-state index contributed by atoms with van der Waals surface area (Å²) in [6.45, 7) is 1.96. The van der Waals surface area contributed by atoms with Gasteiger partial charge in [-0.15, -0.1) is 0 Å². The highest BCUT2D eigenvalue weighted by molar-refractivity contribution is 5.85. The Morgan fingerprint density at radius 3 is 2.45 bits per heavy atom. The van der Waals surface area contributed by atoms with Gasteiger partial charge in [-0.25, -0.2) is 0 Å². The summed E-state index contributed by atoms with van der Waals surface area (Å²) in [6, 6.07) is 14.7. The second-order valence-corrected chi connectivity index (χ2v) is 8.27. The molecule has 33 heavy (non-hydrogen) atoms. The second-order valence-electron chi connectivity index (χ2n) is 8.27. The van der Waals surface area contributed by atoms with Crippen LogP contribution in [0.15, 0.2) is 63.8 Å². The Bertz CT molecular complexity index is 1400. The molecule has 0 atom stereocenters. The molecule has 0 bridgehead atoms. The molecule has 0 spiro atoms. The molecule has 5 rings (SSSR count). The normalized spacial score (nSPS) is 14.9. The zero-order chi connectivity index (χ0) is 23.2. The molecule has 4 aromatic rings. The maximum absolute atomic E-state index is 14.0. The number of hydrogen-bond donors (Lipinski definition) is 2. The number of hydrogen-bond acceptors (Lipinski definition) is 4. The van der Waals surface area contributed by atoms with Crippen LogP contribution in [0, 0.1) is 0 Å². The fourth-order valence-corrected chi connectivity index (χ4v) is 4.39. The van der Waals surface area contributed by atoms with Crippen LogP contribution in [0.2, 0.25) is 0 Å². The second kappa shape index (κ2) is 8.12. The van der Waals surface area contributed by atoms with Crippen molar-refractivity contribution in [3.05, 3.63) is 76.1 Å². The van der Waals surface area contributed by atoms with Crippen LogP contribution < -0.4 is 15.1 Å². The lowest BCUT2D eigenvalue weighted by Crippen LogP contribution is -3.08. The Labute approximate surface area is 186 Å². The van der Waals surface area contributed by atoms with Crippen molar-refractivity contribution in [2.24, 2.45) is 0 Å². The van der Waals surface area contributed by atoms with Crippen LogP contribution in [0.25, 0.3) is 21.7 Å². The van der Waals surface area contributed by atoms with Crippen molar-refractivity contribution in [3.63, 3.8) is 0 Å². The maximum Gasteiger partial charge on any atom is 0.453 e. The van der Waals surface area contributed by atoms with Crippen molar-refractivity contribution in [1.82, 2.24) is 0 Å². The molecule has 0 amide bonds. The van der Waals surface area contributed by atoms with Crippen LogP contribution in [0.4, 0.5) is 13.2 Å². The highest BCUT2D eigenvalue weighted by atomic mass is 19.4. The van der Waals surface area contributed by atoms with E-state index in [1.54, 1.807) is 24.3 Å². The molecule has 1 fully saturated rings. The monoisotopic (exact) mass is 456 g/mol. The van der Waals surface area contributed by atoms with E-state index in [1.165, 1.54) is 18.2 Å². The average Bonchev–Trinajstić information content (AvgIpc) is 3.30. The lowest BCUT2D eigenvalue weighted by molar-refractivity contribution is -0.901. The third-order valence-electron chi connectivity index (χ3n) is 6.03. The van der Waals surface area contributed by atoms with Gasteiger partial charge in [0.05, 0.1) is 24.0 Å². The summed E-state index contributed by atoms with van der Waals surface area (Å²) in [6.07, 6.45) is -2.96. The first kappa shape index (κ1) is 21.3. The summed E-state index contributed by atoms with van der Waals surface area (Å²) in [5.41, 5.74) is -0.990. The Morgan fingerprint density at radius 2 is 1.73 bits per heavy atom. The van der Waals surface area contributed by atoms with Crippen molar-refractivity contribution in [2.75, 3.05) is 13.1 Å². The van der Waals surface area contributed by atoms with Gasteiger partial charge in [-0.05, 0) is 35.0 Å². The number of quaternary nitrogens is 1. The minimum absolute atomic E-state index is 0.0646. The number of benzene rings is 3. The van der Waals surface area contributed by atoms with E-state index in [9.17, 15) is 23.1 Å². The number of fused-ring (bicyclic) bond motifs is 2. The number of nitrogens with one attached hydrogen (secondary N) is 1.